The average Bonchev–Trinajstić information content (AvgIpc) is 2.07. The first-order valence-electron chi connectivity index (χ1n) is 4.28. The van der Waals surface area contributed by atoms with Gasteiger partial charge in [-0.25, -0.2) is 9.90 Å². The van der Waals surface area contributed by atoms with E-state index in [-0.39, 0.29) is 0 Å². The smallest absolute Gasteiger partial charge is 0.372 e. The quantitative estimate of drug-likeness (QED) is 0.604. The maximum Gasteiger partial charge on any atom is 0.372 e. The molecule has 0 bridgehead atoms. The summed E-state index contributed by atoms with van der Waals surface area (Å²) in [5.41, 5.74) is 0. The van der Waals surface area contributed by atoms with Crippen molar-refractivity contribution in [3.05, 3.63) is 0 Å². The molecule has 1 rings (SSSR count). The van der Waals surface area contributed by atoms with E-state index in [1.54, 1.807) is 0 Å². The van der Waals surface area contributed by atoms with Crippen LogP contribution in [0.4, 0.5) is 0 Å². The Morgan fingerprint density at radius 1 is 1.50 bits per heavy atom. The van der Waals surface area contributed by atoms with Crippen LogP contribution >= 0.6 is 0 Å². The molecule has 0 amide bonds. The van der Waals surface area contributed by atoms with Crippen molar-refractivity contribution in [2.45, 2.75) is 19.4 Å². The third-order valence-corrected chi connectivity index (χ3v) is 2.15. The molecular formula is C8H14NO3. The lowest BCUT2D eigenvalue weighted by Gasteiger charge is -2.30. The minimum Gasteiger partial charge on any atom is -0.379 e. The monoisotopic (exact) mass is 172 g/mol. The van der Waals surface area contributed by atoms with Crippen molar-refractivity contribution in [2.24, 2.45) is 0 Å². The molecule has 0 N–H and O–H groups in total. The summed E-state index contributed by atoms with van der Waals surface area (Å²) in [6.45, 7) is 4.52. The van der Waals surface area contributed by atoms with Crippen LogP contribution in [0, 0.1) is 0 Å². The van der Waals surface area contributed by atoms with Crippen LogP contribution in [0.25, 0.3) is 0 Å². The molecule has 1 heterocycles. The molecule has 0 aliphatic carbocycles. The van der Waals surface area contributed by atoms with Crippen molar-refractivity contribution in [1.29, 1.82) is 0 Å². The van der Waals surface area contributed by atoms with E-state index in [9.17, 15) is 9.90 Å². The molecular weight excluding hydrogens is 158 g/mol. The van der Waals surface area contributed by atoms with Gasteiger partial charge < -0.3 is 4.74 Å². The number of carbonyl (C=O) groups excluding carboxylic acids is 1. The van der Waals surface area contributed by atoms with Crippen LogP contribution in [0.3, 0.4) is 0 Å². The van der Waals surface area contributed by atoms with E-state index in [2.05, 4.69) is 0 Å². The Morgan fingerprint density at radius 2 is 2.08 bits per heavy atom. The molecule has 1 radical (unpaired) electrons. The van der Waals surface area contributed by atoms with Gasteiger partial charge in [0, 0.05) is 13.1 Å². The van der Waals surface area contributed by atoms with E-state index in [1.807, 2.05) is 11.8 Å². The fraction of sp³-hybridized carbons (Fsp3) is 0.875. The van der Waals surface area contributed by atoms with Gasteiger partial charge in [0.2, 0.25) is 0 Å². The summed E-state index contributed by atoms with van der Waals surface area (Å²) in [6, 6.07) is -0.436. The first-order valence-corrected chi connectivity index (χ1v) is 4.28. The van der Waals surface area contributed by atoms with Gasteiger partial charge in [0.1, 0.15) is 6.04 Å². The molecule has 0 aromatic heterocycles. The molecule has 4 nitrogen and oxygen atoms in total. The van der Waals surface area contributed by atoms with E-state index in [0.717, 1.165) is 0 Å². The normalized spacial score (nSPS) is 22.1. The molecule has 1 aliphatic rings. The van der Waals surface area contributed by atoms with Gasteiger partial charge in [-0.1, -0.05) is 6.92 Å². The van der Waals surface area contributed by atoms with Gasteiger partial charge in [-0.3, -0.25) is 4.90 Å². The third kappa shape index (κ3) is 2.19. The lowest BCUT2D eigenvalue weighted by atomic mass is 10.2. The summed E-state index contributed by atoms with van der Waals surface area (Å²) < 4.78 is 5.12. The molecule has 1 aliphatic heterocycles. The number of hydrogen-bond donors (Lipinski definition) is 0. The predicted molar refractivity (Wildman–Crippen MR) is 42.2 cm³/mol. The molecule has 69 valence electrons. The molecule has 0 saturated carbocycles. The Hall–Kier alpha value is -0.610. The zero-order valence-corrected chi connectivity index (χ0v) is 7.28. The Bertz CT molecular complexity index is 154. The third-order valence-electron chi connectivity index (χ3n) is 2.15. The minimum atomic E-state index is -0.973. The van der Waals surface area contributed by atoms with Gasteiger partial charge in [0.05, 0.1) is 13.2 Å². The lowest BCUT2D eigenvalue weighted by Crippen LogP contribution is -2.46. The zero-order chi connectivity index (χ0) is 8.97. The first-order chi connectivity index (χ1) is 5.75. The molecule has 0 aromatic rings. The average molecular weight is 172 g/mol. The summed E-state index contributed by atoms with van der Waals surface area (Å²) >= 11 is 0. The standard InChI is InChI=1S/C8H14NO3/c1-2-7(8(10)11)9-3-5-12-6-4-9/h7H,2-6H2,1H3. The number of carbonyl (C=O) groups is 1. The van der Waals surface area contributed by atoms with Crippen LogP contribution in [-0.2, 0) is 14.6 Å². The number of rotatable bonds is 3. The van der Waals surface area contributed by atoms with Gasteiger partial charge >= 0.3 is 5.97 Å². The molecule has 1 saturated heterocycles. The van der Waals surface area contributed by atoms with Crippen LogP contribution in [0.15, 0.2) is 0 Å². The van der Waals surface area contributed by atoms with Crippen molar-refractivity contribution < 1.29 is 14.6 Å². The van der Waals surface area contributed by atoms with Gasteiger partial charge in [-0.15, -0.1) is 0 Å². The summed E-state index contributed by atoms with van der Waals surface area (Å²) in [5.74, 6) is -0.973. The van der Waals surface area contributed by atoms with Crippen molar-refractivity contribution in [3.63, 3.8) is 0 Å². The highest BCUT2D eigenvalue weighted by Crippen LogP contribution is 2.07. The van der Waals surface area contributed by atoms with Gasteiger partial charge in [-0.05, 0) is 6.42 Å². The molecule has 4 heteroatoms. The Kier molecular flexibility index (Phi) is 3.49. The van der Waals surface area contributed by atoms with Crippen LogP contribution in [0.1, 0.15) is 13.3 Å². The molecule has 1 atom stereocenters. The number of ether oxygens (including phenoxy) is 1. The highest BCUT2D eigenvalue weighted by molar-refractivity contribution is 5.72. The van der Waals surface area contributed by atoms with Crippen LogP contribution < -0.4 is 0 Å². The highest BCUT2D eigenvalue weighted by Gasteiger charge is 2.26. The molecule has 1 unspecified atom stereocenters. The SMILES string of the molecule is CCC(C([O])=O)N1CCOCC1. The fourth-order valence-electron chi connectivity index (χ4n) is 1.46. The van der Waals surface area contributed by atoms with Crippen LogP contribution in [0.5, 0.6) is 0 Å². The number of hydrogen-bond acceptors (Lipinski definition) is 3. The van der Waals surface area contributed by atoms with Gasteiger partial charge in [0.15, 0.2) is 0 Å². The molecule has 12 heavy (non-hydrogen) atoms. The van der Waals surface area contributed by atoms with E-state index in [0.29, 0.717) is 32.7 Å². The molecule has 0 aromatic carbocycles. The summed E-state index contributed by atoms with van der Waals surface area (Å²) in [5, 5.41) is 10.6. The summed E-state index contributed by atoms with van der Waals surface area (Å²) in [7, 11) is 0. The highest BCUT2D eigenvalue weighted by atomic mass is 16.5. The lowest BCUT2D eigenvalue weighted by molar-refractivity contribution is -0.151. The van der Waals surface area contributed by atoms with E-state index < -0.39 is 12.0 Å². The van der Waals surface area contributed by atoms with Crippen molar-refractivity contribution in [3.8, 4) is 0 Å². The predicted octanol–water partition coefficient (Wildman–Crippen LogP) is 0.0543. The Morgan fingerprint density at radius 3 is 2.50 bits per heavy atom. The summed E-state index contributed by atoms with van der Waals surface area (Å²) in [6.07, 6.45) is 0.600. The van der Waals surface area contributed by atoms with Crippen LogP contribution in [0.2, 0.25) is 0 Å². The topological polar surface area (TPSA) is 49.4 Å². The van der Waals surface area contributed by atoms with Crippen molar-refractivity contribution in [1.82, 2.24) is 4.90 Å². The maximum absolute atomic E-state index is 10.6. The maximum atomic E-state index is 10.6. The molecule has 0 spiro atoms. The van der Waals surface area contributed by atoms with Crippen molar-refractivity contribution >= 4 is 5.97 Å². The van der Waals surface area contributed by atoms with Gasteiger partial charge in [-0.2, -0.15) is 0 Å². The Labute approximate surface area is 72.1 Å². The van der Waals surface area contributed by atoms with Crippen LogP contribution in [-0.4, -0.2) is 43.2 Å². The second-order valence-corrected chi connectivity index (χ2v) is 2.89. The zero-order valence-electron chi connectivity index (χ0n) is 7.28. The van der Waals surface area contributed by atoms with E-state index >= 15 is 0 Å². The summed E-state index contributed by atoms with van der Waals surface area (Å²) in [4.78, 5) is 12.5. The van der Waals surface area contributed by atoms with E-state index in [4.69, 9.17) is 4.74 Å². The number of morpholine rings is 1. The minimum absolute atomic E-state index is 0.436. The fourth-order valence-corrected chi connectivity index (χ4v) is 1.46. The second kappa shape index (κ2) is 4.42. The van der Waals surface area contributed by atoms with Gasteiger partial charge in [0.25, 0.3) is 0 Å². The van der Waals surface area contributed by atoms with E-state index in [1.165, 1.54) is 0 Å². The number of nitrogens with zero attached hydrogens (tertiary/aromatic N) is 1. The first kappa shape index (κ1) is 9.48. The Balaban J connectivity index is 2.46. The second-order valence-electron chi connectivity index (χ2n) is 2.89. The molecule has 1 fully saturated rings. The largest absolute Gasteiger partial charge is 0.379 e. The van der Waals surface area contributed by atoms with Crippen molar-refractivity contribution in [2.75, 3.05) is 26.3 Å².